The van der Waals surface area contributed by atoms with Crippen molar-refractivity contribution >= 4 is 23.5 Å². The molecule has 31 heavy (non-hydrogen) atoms. The zero-order valence-electron chi connectivity index (χ0n) is 17.3. The third-order valence-corrected chi connectivity index (χ3v) is 5.84. The van der Waals surface area contributed by atoms with Crippen molar-refractivity contribution < 1.29 is 14.4 Å². The Bertz CT molecular complexity index is 1100. The summed E-state index contributed by atoms with van der Waals surface area (Å²) in [7, 11) is 0. The molecule has 1 N–H and O–H groups in total. The normalized spacial score (nSPS) is 18.5. The summed E-state index contributed by atoms with van der Waals surface area (Å²) in [5.41, 5.74) is 3.90. The Hall–Kier alpha value is -3.55. The second kappa shape index (κ2) is 7.61. The average molecular weight is 417 g/mol. The van der Waals surface area contributed by atoms with Gasteiger partial charge in [0.15, 0.2) is 0 Å². The van der Waals surface area contributed by atoms with Gasteiger partial charge in [0.2, 0.25) is 5.91 Å². The van der Waals surface area contributed by atoms with Gasteiger partial charge in [0.1, 0.15) is 11.5 Å². The molecule has 1 saturated carbocycles. The van der Waals surface area contributed by atoms with Crippen LogP contribution in [0.15, 0.2) is 48.1 Å². The number of amides is 3. The van der Waals surface area contributed by atoms with Gasteiger partial charge in [0, 0.05) is 47.9 Å². The van der Waals surface area contributed by atoms with E-state index in [9.17, 15) is 14.4 Å². The van der Waals surface area contributed by atoms with Gasteiger partial charge >= 0.3 is 0 Å². The highest BCUT2D eigenvalue weighted by molar-refractivity contribution is 6.19. The molecule has 8 nitrogen and oxygen atoms in total. The van der Waals surface area contributed by atoms with E-state index in [-0.39, 0.29) is 30.3 Å². The van der Waals surface area contributed by atoms with Crippen molar-refractivity contribution in [2.24, 2.45) is 0 Å². The molecule has 0 aromatic carbocycles. The molecule has 5 rings (SSSR count). The molecule has 0 spiro atoms. The molecule has 2 aromatic rings. The molecule has 1 fully saturated rings. The van der Waals surface area contributed by atoms with Crippen LogP contribution in [0.3, 0.4) is 0 Å². The van der Waals surface area contributed by atoms with Crippen molar-refractivity contribution in [3.05, 3.63) is 53.6 Å². The van der Waals surface area contributed by atoms with Crippen molar-refractivity contribution in [1.29, 1.82) is 0 Å². The Morgan fingerprint density at radius 2 is 1.97 bits per heavy atom. The minimum atomic E-state index is -0.267. The second-order valence-electron chi connectivity index (χ2n) is 8.30. The Balaban J connectivity index is 1.26. The number of nitrogens with one attached hydrogen (secondary N) is 1. The van der Waals surface area contributed by atoms with Gasteiger partial charge in [-0.15, -0.1) is 0 Å². The van der Waals surface area contributed by atoms with Gasteiger partial charge in [-0.3, -0.25) is 24.3 Å². The van der Waals surface area contributed by atoms with E-state index in [2.05, 4.69) is 15.3 Å². The van der Waals surface area contributed by atoms with Crippen molar-refractivity contribution in [3.8, 4) is 11.1 Å². The number of pyridine rings is 2. The largest absolute Gasteiger partial charge is 0.357 e. The van der Waals surface area contributed by atoms with E-state index in [0.717, 1.165) is 36.0 Å². The van der Waals surface area contributed by atoms with Crippen LogP contribution in [-0.2, 0) is 14.4 Å². The molecule has 0 radical (unpaired) electrons. The van der Waals surface area contributed by atoms with Crippen molar-refractivity contribution in [1.82, 2.24) is 19.8 Å². The number of anilines is 1. The number of carbonyl (C=O) groups is 3. The SMILES string of the molecule is Cc1cncc(-c2ccc(NC(=O)CN3CCCC4=C3C(=O)N(C3CC3)C4=O)nc2)c1. The van der Waals surface area contributed by atoms with Crippen LogP contribution < -0.4 is 5.32 Å². The van der Waals surface area contributed by atoms with Crippen LogP contribution >= 0.6 is 0 Å². The summed E-state index contributed by atoms with van der Waals surface area (Å²) in [6, 6.07) is 5.69. The third kappa shape index (κ3) is 3.69. The van der Waals surface area contributed by atoms with E-state index >= 15 is 0 Å². The maximum atomic E-state index is 12.8. The molecule has 3 amide bonds. The first-order valence-electron chi connectivity index (χ1n) is 10.5. The minimum absolute atomic E-state index is 0.0155. The van der Waals surface area contributed by atoms with E-state index in [0.29, 0.717) is 30.1 Å². The van der Waals surface area contributed by atoms with Gasteiger partial charge in [-0.1, -0.05) is 0 Å². The predicted molar refractivity (Wildman–Crippen MR) is 114 cm³/mol. The first-order valence-corrected chi connectivity index (χ1v) is 10.5. The first-order chi connectivity index (χ1) is 15.0. The molecule has 4 heterocycles. The average Bonchev–Trinajstić information content (AvgIpc) is 3.55. The fourth-order valence-corrected chi connectivity index (χ4v) is 4.22. The number of hydrogen-bond acceptors (Lipinski definition) is 6. The van der Waals surface area contributed by atoms with Crippen LogP contribution in [0.25, 0.3) is 11.1 Å². The number of imide groups is 1. The summed E-state index contributed by atoms with van der Waals surface area (Å²) in [5.74, 6) is -0.245. The summed E-state index contributed by atoms with van der Waals surface area (Å²) < 4.78 is 0. The quantitative estimate of drug-likeness (QED) is 0.750. The maximum Gasteiger partial charge on any atom is 0.277 e. The summed E-state index contributed by atoms with van der Waals surface area (Å²) in [4.78, 5) is 49.8. The van der Waals surface area contributed by atoms with Crippen LogP contribution in [0.1, 0.15) is 31.2 Å². The standard InChI is InChI=1S/C23H23N5O3/c1-14-9-16(11-24-10-14)15-4-7-19(25-12-15)26-20(29)13-27-8-2-3-18-21(27)23(31)28(22(18)30)17-5-6-17/h4,7,9-12,17H,2-3,5-6,8,13H2,1H3,(H,25,26,29). The van der Waals surface area contributed by atoms with E-state index < -0.39 is 0 Å². The number of nitrogens with zero attached hydrogens (tertiary/aromatic N) is 4. The molecular formula is C23H23N5O3. The highest BCUT2D eigenvalue weighted by Gasteiger charge is 2.48. The Morgan fingerprint density at radius 3 is 2.68 bits per heavy atom. The molecule has 0 saturated heterocycles. The number of aryl methyl sites for hydroxylation is 1. The lowest BCUT2D eigenvalue weighted by molar-refractivity contribution is -0.138. The lowest BCUT2D eigenvalue weighted by atomic mass is 10.0. The van der Waals surface area contributed by atoms with E-state index in [4.69, 9.17) is 0 Å². The molecule has 0 atom stereocenters. The van der Waals surface area contributed by atoms with Crippen molar-refractivity contribution in [2.75, 3.05) is 18.4 Å². The monoisotopic (exact) mass is 417 g/mol. The van der Waals surface area contributed by atoms with Crippen molar-refractivity contribution in [3.63, 3.8) is 0 Å². The van der Waals surface area contributed by atoms with E-state index in [1.165, 1.54) is 4.90 Å². The molecular weight excluding hydrogens is 394 g/mol. The van der Waals surface area contributed by atoms with Crippen LogP contribution in [0.5, 0.6) is 0 Å². The number of hydrogen-bond donors (Lipinski definition) is 1. The predicted octanol–water partition coefficient (Wildman–Crippen LogP) is 2.27. The van der Waals surface area contributed by atoms with Gasteiger partial charge in [-0.25, -0.2) is 4.98 Å². The Kier molecular flexibility index (Phi) is 4.77. The smallest absolute Gasteiger partial charge is 0.277 e. The topological polar surface area (TPSA) is 95.5 Å². The molecule has 8 heteroatoms. The summed E-state index contributed by atoms with van der Waals surface area (Å²) in [5, 5.41) is 2.79. The second-order valence-corrected chi connectivity index (χ2v) is 8.30. The fraction of sp³-hybridized carbons (Fsp3) is 0.348. The Labute approximate surface area is 180 Å². The minimum Gasteiger partial charge on any atom is -0.357 e. The van der Waals surface area contributed by atoms with Gasteiger partial charge in [-0.05, 0) is 56.4 Å². The fourth-order valence-electron chi connectivity index (χ4n) is 4.22. The zero-order valence-corrected chi connectivity index (χ0v) is 17.3. The summed E-state index contributed by atoms with van der Waals surface area (Å²) in [6.07, 6.45) is 8.35. The summed E-state index contributed by atoms with van der Waals surface area (Å²) >= 11 is 0. The van der Waals surface area contributed by atoms with Crippen LogP contribution in [0.4, 0.5) is 5.82 Å². The third-order valence-electron chi connectivity index (χ3n) is 5.84. The van der Waals surface area contributed by atoms with Gasteiger partial charge in [0.05, 0.1) is 6.54 Å². The van der Waals surface area contributed by atoms with Crippen LogP contribution in [0.2, 0.25) is 0 Å². The van der Waals surface area contributed by atoms with E-state index in [1.54, 1.807) is 29.6 Å². The lowest BCUT2D eigenvalue weighted by Gasteiger charge is -2.28. The molecule has 3 aliphatic rings. The summed E-state index contributed by atoms with van der Waals surface area (Å²) in [6.45, 7) is 2.57. The number of rotatable bonds is 5. The molecule has 2 aromatic heterocycles. The van der Waals surface area contributed by atoms with Crippen LogP contribution in [-0.4, -0.2) is 56.6 Å². The van der Waals surface area contributed by atoms with Gasteiger partial charge in [-0.2, -0.15) is 0 Å². The van der Waals surface area contributed by atoms with E-state index in [1.807, 2.05) is 19.1 Å². The van der Waals surface area contributed by atoms with Gasteiger partial charge < -0.3 is 10.2 Å². The van der Waals surface area contributed by atoms with Crippen molar-refractivity contribution in [2.45, 2.75) is 38.6 Å². The number of carbonyl (C=O) groups excluding carboxylic acids is 3. The molecule has 1 aliphatic carbocycles. The highest BCUT2D eigenvalue weighted by Crippen LogP contribution is 2.38. The molecule has 2 aliphatic heterocycles. The Morgan fingerprint density at radius 1 is 1.13 bits per heavy atom. The maximum absolute atomic E-state index is 12.8. The molecule has 0 unspecified atom stereocenters. The lowest BCUT2D eigenvalue weighted by Crippen LogP contribution is -2.40. The zero-order chi connectivity index (χ0) is 21.5. The number of aromatic nitrogens is 2. The van der Waals surface area contributed by atoms with Crippen LogP contribution in [0, 0.1) is 6.92 Å². The molecule has 158 valence electrons. The van der Waals surface area contributed by atoms with Gasteiger partial charge in [0.25, 0.3) is 11.8 Å². The molecule has 0 bridgehead atoms. The first kappa shape index (κ1) is 19.4. The highest BCUT2D eigenvalue weighted by atomic mass is 16.2.